The molecule has 0 saturated carbocycles. The summed E-state index contributed by atoms with van der Waals surface area (Å²) in [5.74, 6) is 0.919. The van der Waals surface area contributed by atoms with E-state index < -0.39 is 0 Å². The summed E-state index contributed by atoms with van der Waals surface area (Å²) >= 11 is 6.46. The number of aromatic nitrogens is 1. The van der Waals surface area contributed by atoms with Crippen LogP contribution in [0, 0.1) is 0 Å². The predicted molar refractivity (Wildman–Crippen MR) is 121 cm³/mol. The maximum atomic E-state index is 6.46. The first-order valence-corrected chi connectivity index (χ1v) is 9.97. The average Bonchev–Trinajstić information content (AvgIpc) is 2.80. The second-order valence-corrected chi connectivity index (χ2v) is 7.14. The molecule has 4 nitrogen and oxygen atoms in total. The second kappa shape index (κ2) is 9.33. The molecule has 0 amide bonds. The summed E-state index contributed by atoms with van der Waals surface area (Å²) in [5.41, 5.74) is 10.1. The fourth-order valence-electron chi connectivity index (χ4n) is 3.03. The van der Waals surface area contributed by atoms with Gasteiger partial charge in [0.1, 0.15) is 13.2 Å². The molecule has 0 radical (unpaired) electrons. The third-order valence-corrected chi connectivity index (χ3v) is 5.02. The second-order valence-electron chi connectivity index (χ2n) is 6.76. The van der Waals surface area contributed by atoms with Crippen LogP contribution in [0.1, 0.15) is 11.1 Å². The maximum Gasteiger partial charge on any atom is 0.225 e. The fourth-order valence-corrected chi connectivity index (χ4v) is 3.26. The molecule has 30 heavy (non-hydrogen) atoms. The molecular weight excluding hydrogens is 396 g/mol. The van der Waals surface area contributed by atoms with E-state index in [0.29, 0.717) is 35.7 Å². The highest BCUT2D eigenvalue weighted by Gasteiger charge is 2.15. The number of pyridine rings is 1. The molecule has 4 rings (SSSR count). The zero-order valence-electron chi connectivity index (χ0n) is 16.3. The fraction of sp³-hybridized carbons (Fsp3) is 0.0800. The molecule has 0 spiro atoms. The largest absolute Gasteiger partial charge is 0.473 e. The third kappa shape index (κ3) is 4.73. The Labute approximate surface area is 180 Å². The van der Waals surface area contributed by atoms with Gasteiger partial charge in [0.2, 0.25) is 11.8 Å². The summed E-state index contributed by atoms with van der Waals surface area (Å²) in [6, 6.07) is 29.1. The topological polar surface area (TPSA) is 57.4 Å². The molecular formula is C25H21ClN2O2. The van der Waals surface area contributed by atoms with Gasteiger partial charge in [0, 0.05) is 17.2 Å². The van der Waals surface area contributed by atoms with E-state index in [1.54, 1.807) is 6.07 Å². The Morgan fingerprint density at radius 1 is 0.667 bits per heavy atom. The van der Waals surface area contributed by atoms with Gasteiger partial charge < -0.3 is 15.2 Å². The summed E-state index contributed by atoms with van der Waals surface area (Å²) in [5, 5.41) is 0.474. The number of halogens is 1. The summed E-state index contributed by atoms with van der Waals surface area (Å²) in [6.07, 6.45) is 0. The maximum absolute atomic E-state index is 6.46. The Balaban J connectivity index is 1.63. The lowest BCUT2D eigenvalue weighted by Crippen LogP contribution is -2.02. The molecule has 0 bridgehead atoms. The molecule has 4 aromatic rings. The van der Waals surface area contributed by atoms with Crippen LogP contribution < -0.4 is 15.2 Å². The molecule has 3 aromatic carbocycles. The van der Waals surface area contributed by atoms with Crippen LogP contribution in [0.2, 0.25) is 5.02 Å². The summed E-state index contributed by atoms with van der Waals surface area (Å²) in [7, 11) is 0. The number of benzene rings is 3. The standard InChI is InChI=1S/C25H21ClN2O2/c26-24-20(12-7-13-22(24)27)21-14-15-23(29-16-18-8-3-1-4-9-18)28-25(21)30-17-19-10-5-2-6-11-19/h1-15H,16-17,27H2. The number of ether oxygens (including phenoxy) is 2. The highest BCUT2D eigenvalue weighted by Crippen LogP contribution is 2.38. The molecule has 0 atom stereocenters. The van der Waals surface area contributed by atoms with E-state index in [1.165, 1.54) is 0 Å². The molecule has 0 aliphatic rings. The van der Waals surface area contributed by atoms with Gasteiger partial charge in [-0.15, -0.1) is 0 Å². The smallest absolute Gasteiger partial charge is 0.225 e. The van der Waals surface area contributed by atoms with Gasteiger partial charge in [0.15, 0.2) is 0 Å². The molecule has 0 aliphatic carbocycles. The van der Waals surface area contributed by atoms with Crippen LogP contribution in [0.25, 0.3) is 11.1 Å². The number of hydrogen-bond acceptors (Lipinski definition) is 4. The first kappa shape index (κ1) is 19.8. The first-order chi connectivity index (χ1) is 14.7. The lowest BCUT2D eigenvalue weighted by atomic mass is 10.1. The monoisotopic (exact) mass is 416 g/mol. The minimum atomic E-state index is 0.378. The Morgan fingerprint density at radius 3 is 1.97 bits per heavy atom. The number of hydrogen-bond donors (Lipinski definition) is 1. The van der Waals surface area contributed by atoms with Gasteiger partial charge in [0.25, 0.3) is 0 Å². The average molecular weight is 417 g/mol. The van der Waals surface area contributed by atoms with Crippen molar-refractivity contribution in [2.24, 2.45) is 0 Å². The van der Waals surface area contributed by atoms with Crippen LogP contribution in [0.5, 0.6) is 11.8 Å². The van der Waals surface area contributed by atoms with Crippen molar-refractivity contribution in [2.75, 3.05) is 5.73 Å². The number of anilines is 1. The molecule has 2 N–H and O–H groups in total. The van der Waals surface area contributed by atoms with Crippen LogP contribution in [-0.4, -0.2) is 4.98 Å². The summed E-state index contributed by atoms with van der Waals surface area (Å²) < 4.78 is 12.0. The normalized spacial score (nSPS) is 10.6. The highest BCUT2D eigenvalue weighted by molar-refractivity contribution is 6.35. The van der Waals surface area contributed by atoms with Crippen molar-refractivity contribution < 1.29 is 9.47 Å². The van der Waals surface area contributed by atoms with E-state index in [2.05, 4.69) is 4.98 Å². The van der Waals surface area contributed by atoms with Gasteiger partial charge in [0.05, 0.1) is 10.7 Å². The van der Waals surface area contributed by atoms with Crippen molar-refractivity contribution in [3.63, 3.8) is 0 Å². The SMILES string of the molecule is Nc1cccc(-c2ccc(OCc3ccccc3)nc2OCc2ccccc2)c1Cl. The lowest BCUT2D eigenvalue weighted by Gasteiger charge is -2.14. The molecule has 5 heteroatoms. The number of rotatable bonds is 7. The van der Waals surface area contributed by atoms with Crippen LogP contribution in [0.3, 0.4) is 0 Å². The van der Waals surface area contributed by atoms with Gasteiger partial charge in [-0.25, -0.2) is 0 Å². The van der Waals surface area contributed by atoms with E-state index in [-0.39, 0.29) is 0 Å². The van der Waals surface area contributed by atoms with Gasteiger partial charge in [-0.3, -0.25) is 0 Å². The Hall–Kier alpha value is -3.50. The van der Waals surface area contributed by atoms with Gasteiger partial charge >= 0.3 is 0 Å². The molecule has 0 saturated heterocycles. The van der Waals surface area contributed by atoms with Gasteiger partial charge in [-0.05, 0) is 23.3 Å². The van der Waals surface area contributed by atoms with Crippen LogP contribution >= 0.6 is 11.6 Å². The molecule has 150 valence electrons. The van der Waals surface area contributed by atoms with Gasteiger partial charge in [-0.1, -0.05) is 84.4 Å². The zero-order valence-corrected chi connectivity index (χ0v) is 17.0. The van der Waals surface area contributed by atoms with E-state index >= 15 is 0 Å². The van der Waals surface area contributed by atoms with Crippen LogP contribution in [-0.2, 0) is 13.2 Å². The quantitative estimate of drug-likeness (QED) is 0.367. The zero-order chi connectivity index (χ0) is 20.8. The third-order valence-electron chi connectivity index (χ3n) is 4.60. The molecule has 0 unspecified atom stereocenters. The van der Waals surface area contributed by atoms with E-state index in [9.17, 15) is 0 Å². The van der Waals surface area contributed by atoms with E-state index in [4.69, 9.17) is 26.8 Å². The van der Waals surface area contributed by atoms with E-state index in [1.807, 2.05) is 84.9 Å². The summed E-state index contributed by atoms with van der Waals surface area (Å²) in [4.78, 5) is 4.61. The molecule has 0 aliphatic heterocycles. The van der Waals surface area contributed by atoms with Gasteiger partial charge in [-0.2, -0.15) is 4.98 Å². The van der Waals surface area contributed by atoms with Crippen molar-refractivity contribution in [3.8, 4) is 22.9 Å². The van der Waals surface area contributed by atoms with Crippen molar-refractivity contribution in [1.82, 2.24) is 4.98 Å². The molecule has 1 heterocycles. The Morgan fingerprint density at radius 2 is 1.30 bits per heavy atom. The van der Waals surface area contributed by atoms with Crippen molar-refractivity contribution in [1.29, 1.82) is 0 Å². The van der Waals surface area contributed by atoms with Crippen molar-refractivity contribution >= 4 is 17.3 Å². The Bertz CT molecular complexity index is 1120. The van der Waals surface area contributed by atoms with Crippen LogP contribution in [0.4, 0.5) is 5.69 Å². The number of nitrogen functional groups attached to an aromatic ring is 1. The first-order valence-electron chi connectivity index (χ1n) is 9.59. The highest BCUT2D eigenvalue weighted by atomic mass is 35.5. The minimum Gasteiger partial charge on any atom is -0.473 e. The summed E-state index contributed by atoms with van der Waals surface area (Å²) in [6.45, 7) is 0.799. The molecule has 0 fully saturated rings. The molecule has 1 aromatic heterocycles. The Kier molecular flexibility index (Phi) is 6.16. The lowest BCUT2D eigenvalue weighted by molar-refractivity contribution is 0.268. The number of nitrogens with zero attached hydrogens (tertiary/aromatic N) is 1. The minimum absolute atomic E-state index is 0.378. The number of nitrogens with two attached hydrogens (primary N) is 1. The van der Waals surface area contributed by atoms with E-state index in [0.717, 1.165) is 22.3 Å². The van der Waals surface area contributed by atoms with Crippen LogP contribution in [0.15, 0.2) is 91.0 Å². The predicted octanol–water partition coefficient (Wildman–Crippen LogP) is 6.14. The van der Waals surface area contributed by atoms with Crippen molar-refractivity contribution in [2.45, 2.75) is 13.2 Å². The van der Waals surface area contributed by atoms with Crippen molar-refractivity contribution in [3.05, 3.63) is 107 Å².